The van der Waals surface area contributed by atoms with Crippen LogP contribution in [0.25, 0.3) is 10.9 Å². The van der Waals surface area contributed by atoms with E-state index >= 15 is 0 Å². The summed E-state index contributed by atoms with van der Waals surface area (Å²) in [5.41, 5.74) is 4.06. The van der Waals surface area contributed by atoms with Gasteiger partial charge < -0.3 is 19.7 Å². The summed E-state index contributed by atoms with van der Waals surface area (Å²) in [4.78, 5) is 16.9. The van der Waals surface area contributed by atoms with Gasteiger partial charge in [-0.15, -0.1) is 11.8 Å². The summed E-state index contributed by atoms with van der Waals surface area (Å²) in [6, 6.07) is 21.6. The zero-order valence-electron chi connectivity index (χ0n) is 20.6. The summed E-state index contributed by atoms with van der Waals surface area (Å²) < 4.78 is 11.4. The first kappa shape index (κ1) is 25.0. The van der Waals surface area contributed by atoms with Gasteiger partial charge >= 0.3 is 5.97 Å². The van der Waals surface area contributed by atoms with Crippen LogP contribution in [-0.2, 0) is 19.3 Å². The highest BCUT2D eigenvalue weighted by atomic mass is 32.2. The number of aromatic nitrogens is 1. The average Bonchev–Trinajstić information content (AvgIpc) is 3.31. The quantitative estimate of drug-likeness (QED) is 0.189. The number of carboxylic acids is 1. The SMILES string of the molecule is COc1nc2c(SCCCc3cc4c(cc3O)CC(CCc3ccccc3)O4)cccc2cc1C(=O)O. The van der Waals surface area contributed by atoms with Crippen molar-refractivity contribution in [1.29, 1.82) is 0 Å². The van der Waals surface area contributed by atoms with E-state index < -0.39 is 5.97 Å². The molecule has 2 heterocycles. The number of carboxylic acid groups (broad SMARTS) is 1. The van der Waals surface area contributed by atoms with Crippen LogP contribution < -0.4 is 9.47 Å². The number of fused-ring (bicyclic) bond motifs is 2. The number of hydrogen-bond donors (Lipinski definition) is 2. The first-order valence-electron chi connectivity index (χ1n) is 12.4. The Labute approximate surface area is 220 Å². The number of ether oxygens (including phenoxy) is 2. The van der Waals surface area contributed by atoms with Crippen LogP contribution in [0.15, 0.2) is 71.6 Å². The van der Waals surface area contributed by atoms with E-state index in [4.69, 9.17) is 9.47 Å². The number of aromatic carboxylic acids is 1. The average molecular weight is 516 g/mol. The van der Waals surface area contributed by atoms with Crippen LogP contribution in [0, 0.1) is 0 Å². The number of rotatable bonds is 10. The van der Waals surface area contributed by atoms with Gasteiger partial charge in [0.2, 0.25) is 5.88 Å². The molecule has 0 spiro atoms. The molecule has 0 saturated heterocycles. The lowest BCUT2D eigenvalue weighted by molar-refractivity contribution is 0.0692. The van der Waals surface area contributed by atoms with Gasteiger partial charge in [0.1, 0.15) is 23.2 Å². The molecular formula is C30H29NO5S. The predicted molar refractivity (Wildman–Crippen MR) is 145 cm³/mol. The molecule has 37 heavy (non-hydrogen) atoms. The van der Waals surface area contributed by atoms with Crippen LogP contribution in [-0.4, -0.2) is 40.1 Å². The molecule has 4 aromatic rings. The molecule has 1 aliphatic heterocycles. The Morgan fingerprint density at radius 3 is 2.73 bits per heavy atom. The lowest BCUT2D eigenvalue weighted by atomic mass is 10.0. The largest absolute Gasteiger partial charge is 0.508 e. The van der Waals surface area contributed by atoms with E-state index in [1.54, 1.807) is 17.8 Å². The number of phenolic OH excluding ortho intramolecular Hbond substituents is 1. The number of thioether (sulfide) groups is 1. The lowest BCUT2D eigenvalue weighted by Crippen LogP contribution is -2.13. The predicted octanol–water partition coefficient (Wildman–Crippen LogP) is 6.31. The summed E-state index contributed by atoms with van der Waals surface area (Å²) >= 11 is 1.66. The molecule has 1 aliphatic rings. The number of aryl methyl sites for hydroxylation is 2. The van der Waals surface area contributed by atoms with Crippen molar-refractivity contribution in [3.8, 4) is 17.4 Å². The number of hydrogen-bond acceptors (Lipinski definition) is 6. The number of carbonyl (C=O) groups is 1. The molecule has 0 radical (unpaired) electrons. The smallest absolute Gasteiger partial charge is 0.341 e. The van der Waals surface area contributed by atoms with Crippen molar-refractivity contribution >= 4 is 28.6 Å². The number of aromatic hydroxyl groups is 1. The van der Waals surface area contributed by atoms with Crippen LogP contribution in [0.2, 0.25) is 0 Å². The summed E-state index contributed by atoms with van der Waals surface area (Å²) in [7, 11) is 1.43. The first-order chi connectivity index (χ1) is 18.0. The van der Waals surface area contributed by atoms with Crippen molar-refractivity contribution in [2.45, 2.75) is 43.1 Å². The number of methoxy groups -OCH3 is 1. The standard InChI is InChI=1S/C30H29NO5S/c1-35-29-24(30(33)34)16-21-9-5-11-27(28(21)31-29)37-14-6-10-20-18-26-22(17-25(20)32)15-23(36-26)13-12-19-7-3-2-4-8-19/h2-5,7-9,11,16-18,23,32H,6,10,12-15H2,1H3,(H,33,34). The molecule has 1 unspecified atom stereocenters. The van der Waals surface area contributed by atoms with E-state index in [1.807, 2.05) is 36.4 Å². The molecule has 0 saturated carbocycles. The Morgan fingerprint density at radius 1 is 1.11 bits per heavy atom. The molecular weight excluding hydrogens is 486 g/mol. The van der Waals surface area contributed by atoms with Gasteiger partial charge in [0, 0.05) is 22.3 Å². The van der Waals surface area contributed by atoms with Gasteiger partial charge in [0.25, 0.3) is 0 Å². The molecule has 3 aromatic carbocycles. The van der Waals surface area contributed by atoms with E-state index in [2.05, 4.69) is 29.2 Å². The van der Waals surface area contributed by atoms with Gasteiger partial charge in [-0.2, -0.15) is 0 Å². The van der Waals surface area contributed by atoms with Gasteiger partial charge in [-0.1, -0.05) is 42.5 Å². The highest BCUT2D eigenvalue weighted by Gasteiger charge is 2.24. The van der Waals surface area contributed by atoms with Crippen molar-refractivity contribution in [2.75, 3.05) is 12.9 Å². The molecule has 0 bridgehead atoms. The minimum Gasteiger partial charge on any atom is -0.508 e. The topological polar surface area (TPSA) is 88.9 Å². The maximum atomic E-state index is 11.5. The van der Waals surface area contributed by atoms with Crippen molar-refractivity contribution in [3.63, 3.8) is 0 Å². The van der Waals surface area contributed by atoms with Gasteiger partial charge in [0.15, 0.2) is 0 Å². The summed E-state index contributed by atoms with van der Waals surface area (Å²) in [6.45, 7) is 0. The number of para-hydroxylation sites is 1. The third kappa shape index (κ3) is 5.67. The number of phenols is 1. The maximum absolute atomic E-state index is 11.5. The zero-order valence-corrected chi connectivity index (χ0v) is 21.5. The molecule has 1 aromatic heterocycles. The van der Waals surface area contributed by atoms with Crippen LogP contribution in [0.4, 0.5) is 0 Å². The number of benzene rings is 3. The highest BCUT2D eigenvalue weighted by Crippen LogP contribution is 2.37. The second-order valence-electron chi connectivity index (χ2n) is 9.19. The van der Waals surface area contributed by atoms with Gasteiger partial charge in [-0.05, 0) is 66.8 Å². The molecule has 0 fully saturated rings. The second-order valence-corrected chi connectivity index (χ2v) is 10.3. The molecule has 6 nitrogen and oxygen atoms in total. The molecule has 0 aliphatic carbocycles. The summed E-state index contributed by atoms with van der Waals surface area (Å²) in [5, 5.41) is 20.8. The van der Waals surface area contributed by atoms with Crippen molar-refractivity contribution in [1.82, 2.24) is 4.98 Å². The van der Waals surface area contributed by atoms with Crippen LogP contribution in [0.3, 0.4) is 0 Å². The monoisotopic (exact) mass is 515 g/mol. The lowest BCUT2D eigenvalue weighted by Gasteiger charge is -2.11. The Hall–Kier alpha value is -3.71. The fraction of sp³-hybridized carbons (Fsp3) is 0.267. The second kappa shape index (κ2) is 11.1. The fourth-order valence-corrected chi connectivity index (χ4v) is 5.73. The van der Waals surface area contributed by atoms with Crippen molar-refractivity contribution in [2.24, 2.45) is 0 Å². The van der Waals surface area contributed by atoms with E-state index in [0.717, 1.165) is 70.5 Å². The third-order valence-electron chi connectivity index (χ3n) is 6.65. The molecule has 190 valence electrons. The highest BCUT2D eigenvalue weighted by molar-refractivity contribution is 7.99. The Bertz CT molecular complexity index is 1420. The van der Waals surface area contributed by atoms with E-state index in [0.29, 0.717) is 5.75 Å². The van der Waals surface area contributed by atoms with E-state index in [1.165, 1.54) is 12.7 Å². The molecule has 2 N–H and O–H groups in total. The third-order valence-corrected chi connectivity index (χ3v) is 7.78. The summed E-state index contributed by atoms with van der Waals surface area (Å²) in [6.07, 6.45) is 4.47. The number of pyridine rings is 1. The molecule has 5 rings (SSSR count). The Balaban J connectivity index is 1.19. The molecule has 7 heteroatoms. The van der Waals surface area contributed by atoms with E-state index in [9.17, 15) is 15.0 Å². The Kier molecular flexibility index (Phi) is 7.51. The Morgan fingerprint density at radius 2 is 1.95 bits per heavy atom. The normalized spacial score (nSPS) is 14.4. The minimum absolute atomic E-state index is 0.0498. The van der Waals surface area contributed by atoms with E-state index in [-0.39, 0.29) is 17.5 Å². The number of nitrogens with zero attached hydrogens (tertiary/aromatic N) is 1. The van der Waals surface area contributed by atoms with Crippen LogP contribution in [0.5, 0.6) is 17.4 Å². The minimum atomic E-state index is -1.06. The van der Waals surface area contributed by atoms with Gasteiger partial charge in [-0.3, -0.25) is 0 Å². The molecule has 0 amide bonds. The van der Waals surface area contributed by atoms with Gasteiger partial charge in [-0.25, -0.2) is 9.78 Å². The maximum Gasteiger partial charge on any atom is 0.341 e. The zero-order chi connectivity index (χ0) is 25.8. The summed E-state index contributed by atoms with van der Waals surface area (Å²) in [5.74, 6) is 1.08. The first-order valence-corrected chi connectivity index (χ1v) is 13.4. The molecule has 1 atom stereocenters. The van der Waals surface area contributed by atoms with Crippen molar-refractivity contribution in [3.05, 3.63) is 89.0 Å². The van der Waals surface area contributed by atoms with Crippen LogP contribution in [0.1, 0.15) is 39.9 Å². The van der Waals surface area contributed by atoms with Crippen molar-refractivity contribution < 1.29 is 24.5 Å². The fourth-order valence-electron chi connectivity index (χ4n) is 4.75. The van der Waals surface area contributed by atoms with Gasteiger partial charge in [0.05, 0.1) is 12.6 Å². The van der Waals surface area contributed by atoms with Crippen LogP contribution >= 0.6 is 11.8 Å².